The molecule has 19 heavy (non-hydrogen) atoms. The summed E-state index contributed by atoms with van der Waals surface area (Å²) in [6.07, 6.45) is 7.74. The molecule has 2 aliphatic rings. The summed E-state index contributed by atoms with van der Waals surface area (Å²) in [4.78, 5) is 2.66. The molecule has 1 N–H and O–H groups in total. The summed E-state index contributed by atoms with van der Waals surface area (Å²) in [6.45, 7) is 8.65. The minimum atomic E-state index is 0.0135. The molecule has 1 aliphatic carbocycles. The minimum Gasteiger partial charge on any atom is -0.396 e. The average molecular weight is 269 g/mol. The zero-order valence-corrected chi connectivity index (χ0v) is 12.7. The molecule has 1 aliphatic heterocycles. The Morgan fingerprint density at radius 2 is 2.05 bits per heavy atom. The molecule has 0 aromatic heterocycles. The Hall–Kier alpha value is -0.120. The van der Waals surface area contributed by atoms with Crippen molar-refractivity contribution in [3.05, 3.63) is 0 Å². The molecule has 0 spiro atoms. The second-order valence-corrected chi connectivity index (χ2v) is 7.05. The van der Waals surface area contributed by atoms with Gasteiger partial charge < -0.3 is 9.84 Å². The van der Waals surface area contributed by atoms with Crippen molar-refractivity contribution in [1.29, 1.82) is 0 Å². The first-order valence-corrected chi connectivity index (χ1v) is 8.08. The first-order chi connectivity index (χ1) is 9.15. The number of aliphatic hydroxyl groups is 1. The van der Waals surface area contributed by atoms with Crippen LogP contribution in [-0.2, 0) is 4.74 Å². The second-order valence-electron chi connectivity index (χ2n) is 7.05. The molecule has 1 unspecified atom stereocenters. The molecular formula is C16H31NO2. The van der Waals surface area contributed by atoms with Gasteiger partial charge in [0.15, 0.2) is 0 Å². The van der Waals surface area contributed by atoms with Gasteiger partial charge in [0, 0.05) is 24.6 Å². The molecule has 1 atom stereocenters. The van der Waals surface area contributed by atoms with Crippen LogP contribution >= 0.6 is 0 Å². The summed E-state index contributed by atoms with van der Waals surface area (Å²) >= 11 is 0. The summed E-state index contributed by atoms with van der Waals surface area (Å²) in [5, 5.41) is 9.78. The Morgan fingerprint density at radius 3 is 2.58 bits per heavy atom. The molecule has 0 aromatic carbocycles. The lowest BCUT2D eigenvalue weighted by molar-refractivity contribution is 0.0400. The van der Waals surface area contributed by atoms with Gasteiger partial charge in [-0.3, -0.25) is 4.90 Å². The number of nitrogens with zero attached hydrogens (tertiary/aromatic N) is 1. The van der Waals surface area contributed by atoms with Crippen LogP contribution in [-0.4, -0.2) is 49.0 Å². The van der Waals surface area contributed by atoms with Crippen LogP contribution in [0.1, 0.15) is 52.4 Å². The van der Waals surface area contributed by atoms with Crippen LogP contribution in [0.2, 0.25) is 0 Å². The van der Waals surface area contributed by atoms with Crippen LogP contribution < -0.4 is 0 Å². The van der Waals surface area contributed by atoms with E-state index in [1.807, 2.05) is 0 Å². The summed E-state index contributed by atoms with van der Waals surface area (Å²) < 4.78 is 5.55. The Bertz CT molecular complexity index is 255. The van der Waals surface area contributed by atoms with E-state index in [0.29, 0.717) is 0 Å². The summed E-state index contributed by atoms with van der Waals surface area (Å²) in [7, 11) is 0. The minimum absolute atomic E-state index is 0.0135. The average Bonchev–Trinajstić information content (AvgIpc) is 3.06. The van der Waals surface area contributed by atoms with Gasteiger partial charge in [0.05, 0.1) is 13.2 Å². The van der Waals surface area contributed by atoms with Crippen LogP contribution in [0.25, 0.3) is 0 Å². The van der Waals surface area contributed by atoms with E-state index in [4.69, 9.17) is 4.74 Å². The standard InChI is InChI=1S/C16H31NO2/c1-14(2)7-9-17(15-5-3-4-6-15)11-16(12-18)8-10-19-13-16/h14-15,18H,3-13H2,1-2H3. The molecule has 3 heteroatoms. The van der Waals surface area contributed by atoms with Gasteiger partial charge in [-0.2, -0.15) is 0 Å². The van der Waals surface area contributed by atoms with E-state index in [-0.39, 0.29) is 12.0 Å². The highest BCUT2D eigenvalue weighted by atomic mass is 16.5. The molecule has 2 rings (SSSR count). The Balaban J connectivity index is 1.95. The molecule has 0 amide bonds. The number of rotatable bonds is 7. The summed E-state index contributed by atoms with van der Waals surface area (Å²) in [5.74, 6) is 0.758. The predicted molar refractivity (Wildman–Crippen MR) is 78.2 cm³/mol. The van der Waals surface area contributed by atoms with Crippen molar-refractivity contribution in [2.24, 2.45) is 11.3 Å². The predicted octanol–water partition coefficient (Wildman–Crippen LogP) is 2.68. The topological polar surface area (TPSA) is 32.7 Å². The van der Waals surface area contributed by atoms with Crippen molar-refractivity contribution in [2.45, 2.75) is 58.4 Å². The van der Waals surface area contributed by atoms with Crippen molar-refractivity contribution in [3.63, 3.8) is 0 Å². The van der Waals surface area contributed by atoms with E-state index in [1.54, 1.807) is 0 Å². The highest BCUT2D eigenvalue weighted by molar-refractivity contribution is 4.89. The Morgan fingerprint density at radius 1 is 1.32 bits per heavy atom. The first kappa shape index (κ1) is 15.3. The maximum absolute atomic E-state index is 9.78. The fourth-order valence-corrected chi connectivity index (χ4v) is 3.46. The van der Waals surface area contributed by atoms with Crippen molar-refractivity contribution in [3.8, 4) is 0 Å². The molecule has 0 bridgehead atoms. The van der Waals surface area contributed by atoms with Crippen LogP contribution in [0.3, 0.4) is 0 Å². The highest BCUT2D eigenvalue weighted by Crippen LogP contribution is 2.33. The molecule has 2 fully saturated rings. The summed E-state index contributed by atoms with van der Waals surface area (Å²) in [6, 6.07) is 0.753. The van der Waals surface area contributed by atoms with E-state index < -0.39 is 0 Å². The van der Waals surface area contributed by atoms with Gasteiger partial charge in [-0.25, -0.2) is 0 Å². The van der Waals surface area contributed by atoms with Gasteiger partial charge in [-0.05, 0) is 38.1 Å². The maximum Gasteiger partial charge on any atom is 0.0557 e. The number of hydrogen-bond acceptors (Lipinski definition) is 3. The van der Waals surface area contributed by atoms with Crippen molar-refractivity contribution < 1.29 is 9.84 Å². The summed E-state index contributed by atoms with van der Waals surface area (Å²) in [5.41, 5.74) is 0.0135. The highest BCUT2D eigenvalue weighted by Gasteiger charge is 2.38. The Kier molecular flexibility index (Phi) is 5.67. The molecule has 1 saturated heterocycles. The van der Waals surface area contributed by atoms with E-state index in [9.17, 15) is 5.11 Å². The monoisotopic (exact) mass is 269 g/mol. The number of hydrogen-bond donors (Lipinski definition) is 1. The van der Waals surface area contributed by atoms with Gasteiger partial charge >= 0.3 is 0 Å². The molecule has 1 saturated carbocycles. The molecule has 112 valence electrons. The second kappa shape index (κ2) is 7.05. The molecular weight excluding hydrogens is 238 g/mol. The molecule has 0 radical (unpaired) electrons. The zero-order chi connectivity index (χ0) is 13.7. The first-order valence-electron chi connectivity index (χ1n) is 8.08. The molecule has 3 nitrogen and oxygen atoms in total. The van der Waals surface area contributed by atoms with Crippen LogP contribution in [0, 0.1) is 11.3 Å². The number of aliphatic hydroxyl groups excluding tert-OH is 1. The van der Waals surface area contributed by atoms with Crippen LogP contribution in [0.4, 0.5) is 0 Å². The third kappa shape index (κ3) is 4.17. The lowest BCUT2D eigenvalue weighted by Crippen LogP contribution is -2.45. The molecule has 0 aromatic rings. The third-order valence-corrected chi connectivity index (χ3v) is 4.89. The van der Waals surface area contributed by atoms with Crippen molar-refractivity contribution in [2.75, 3.05) is 32.9 Å². The van der Waals surface area contributed by atoms with E-state index in [2.05, 4.69) is 18.7 Å². The van der Waals surface area contributed by atoms with Gasteiger partial charge in [-0.1, -0.05) is 26.7 Å². The van der Waals surface area contributed by atoms with E-state index in [0.717, 1.165) is 38.1 Å². The lowest BCUT2D eigenvalue weighted by atomic mass is 9.87. The fraction of sp³-hybridized carbons (Fsp3) is 1.00. The third-order valence-electron chi connectivity index (χ3n) is 4.89. The van der Waals surface area contributed by atoms with E-state index >= 15 is 0 Å². The van der Waals surface area contributed by atoms with Crippen LogP contribution in [0.5, 0.6) is 0 Å². The van der Waals surface area contributed by atoms with Crippen molar-refractivity contribution >= 4 is 0 Å². The Labute approximate surface area is 118 Å². The van der Waals surface area contributed by atoms with Gasteiger partial charge in [-0.15, -0.1) is 0 Å². The van der Waals surface area contributed by atoms with E-state index in [1.165, 1.54) is 38.6 Å². The van der Waals surface area contributed by atoms with Gasteiger partial charge in [0.25, 0.3) is 0 Å². The normalized spacial score (nSPS) is 28.9. The SMILES string of the molecule is CC(C)CCN(CC1(CO)CCOC1)C1CCCC1. The quantitative estimate of drug-likeness (QED) is 0.771. The lowest BCUT2D eigenvalue weighted by Gasteiger charge is -2.37. The smallest absolute Gasteiger partial charge is 0.0557 e. The van der Waals surface area contributed by atoms with Crippen molar-refractivity contribution in [1.82, 2.24) is 4.90 Å². The van der Waals surface area contributed by atoms with Crippen LogP contribution in [0.15, 0.2) is 0 Å². The number of ether oxygens (including phenoxy) is 1. The van der Waals surface area contributed by atoms with Gasteiger partial charge in [0.1, 0.15) is 0 Å². The maximum atomic E-state index is 9.78. The molecule has 1 heterocycles. The fourth-order valence-electron chi connectivity index (χ4n) is 3.46. The zero-order valence-electron chi connectivity index (χ0n) is 12.7. The largest absolute Gasteiger partial charge is 0.396 e. The van der Waals surface area contributed by atoms with Gasteiger partial charge in [0.2, 0.25) is 0 Å².